The van der Waals surface area contributed by atoms with Gasteiger partial charge in [-0.2, -0.15) is 0 Å². The Balaban J connectivity index is 0.00000180. The predicted octanol–water partition coefficient (Wildman–Crippen LogP) is 2.46. The number of nitrogens with zero attached hydrogens (tertiary/aromatic N) is 2. The molecule has 1 atom stereocenters. The molecule has 0 spiro atoms. The first kappa shape index (κ1) is 19.2. The number of aromatic nitrogens is 1. The third-order valence-electron chi connectivity index (χ3n) is 3.34. The van der Waals surface area contributed by atoms with E-state index in [1.54, 1.807) is 7.11 Å². The molecule has 20 heavy (non-hydrogen) atoms. The molecule has 2 heterocycles. The third kappa shape index (κ3) is 4.94. The zero-order chi connectivity index (χ0) is 12.8. The molecule has 2 rings (SSSR count). The maximum absolute atomic E-state index is 5.10. The van der Waals surface area contributed by atoms with Crippen molar-refractivity contribution in [1.29, 1.82) is 0 Å². The summed E-state index contributed by atoms with van der Waals surface area (Å²) in [6, 6.07) is 4.40. The number of piperazine rings is 1. The van der Waals surface area contributed by atoms with Gasteiger partial charge in [-0.05, 0) is 12.0 Å². The number of hydrogen-bond acceptors (Lipinski definition) is 4. The molecule has 0 bridgehead atoms. The van der Waals surface area contributed by atoms with Crippen LogP contribution in [0.2, 0.25) is 0 Å². The summed E-state index contributed by atoms with van der Waals surface area (Å²) < 4.78 is 5.10. The standard InChI is InChI=1S/C14H21N3O.2ClH/c1-3-4-13(17-9-7-15-8-10-17)12-5-6-14(18-2)16-11-12;;/h3,5-6,11,13,15H,1,4,7-10H2,2H3;2*1H/t13-;;/m0../s1. The second-order valence-corrected chi connectivity index (χ2v) is 4.46. The molecule has 6 heteroatoms. The van der Waals surface area contributed by atoms with Crippen molar-refractivity contribution in [2.45, 2.75) is 12.5 Å². The SMILES string of the molecule is C=CC[C@@H](c1ccc(OC)nc1)N1CCNCC1.Cl.Cl. The summed E-state index contributed by atoms with van der Waals surface area (Å²) in [6.07, 6.45) is 4.85. The summed E-state index contributed by atoms with van der Waals surface area (Å²) in [6.45, 7) is 8.12. The van der Waals surface area contributed by atoms with Gasteiger partial charge in [0.1, 0.15) is 0 Å². The second kappa shape index (κ2) is 10.00. The van der Waals surface area contributed by atoms with Gasteiger partial charge in [0, 0.05) is 44.5 Å². The van der Waals surface area contributed by atoms with E-state index in [1.807, 2.05) is 18.3 Å². The summed E-state index contributed by atoms with van der Waals surface area (Å²) in [5.41, 5.74) is 1.23. The van der Waals surface area contributed by atoms with E-state index in [1.165, 1.54) is 5.56 Å². The number of nitrogens with one attached hydrogen (secondary N) is 1. The molecule has 0 aliphatic carbocycles. The van der Waals surface area contributed by atoms with Crippen molar-refractivity contribution in [3.8, 4) is 5.88 Å². The number of pyridine rings is 1. The predicted molar refractivity (Wildman–Crippen MR) is 87.3 cm³/mol. The van der Waals surface area contributed by atoms with Gasteiger partial charge in [-0.3, -0.25) is 4.90 Å². The smallest absolute Gasteiger partial charge is 0.212 e. The minimum absolute atomic E-state index is 0. The van der Waals surface area contributed by atoms with Crippen LogP contribution in [0.3, 0.4) is 0 Å². The van der Waals surface area contributed by atoms with Crippen LogP contribution in [0.1, 0.15) is 18.0 Å². The molecule has 0 saturated carbocycles. The maximum Gasteiger partial charge on any atom is 0.212 e. The van der Waals surface area contributed by atoms with Gasteiger partial charge < -0.3 is 10.1 Å². The minimum Gasteiger partial charge on any atom is -0.481 e. The molecular weight excluding hydrogens is 297 g/mol. The molecule has 4 nitrogen and oxygen atoms in total. The van der Waals surface area contributed by atoms with Crippen LogP contribution < -0.4 is 10.1 Å². The van der Waals surface area contributed by atoms with E-state index in [4.69, 9.17) is 4.74 Å². The average Bonchev–Trinajstić information content (AvgIpc) is 2.46. The first-order chi connectivity index (χ1) is 8.85. The number of ether oxygens (including phenoxy) is 1. The summed E-state index contributed by atoms with van der Waals surface area (Å²) in [5.74, 6) is 0.663. The first-order valence-corrected chi connectivity index (χ1v) is 6.40. The molecule has 1 aromatic rings. The van der Waals surface area contributed by atoms with Crippen molar-refractivity contribution in [3.63, 3.8) is 0 Å². The molecule has 0 radical (unpaired) electrons. The summed E-state index contributed by atoms with van der Waals surface area (Å²) in [4.78, 5) is 6.78. The molecule has 114 valence electrons. The minimum atomic E-state index is 0. The molecular formula is C14H23Cl2N3O. The highest BCUT2D eigenvalue weighted by molar-refractivity contribution is 5.85. The molecule has 1 aliphatic rings. The molecule has 0 amide bonds. The van der Waals surface area contributed by atoms with Gasteiger partial charge in [-0.1, -0.05) is 12.1 Å². The summed E-state index contributed by atoms with van der Waals surface area (Å²) in [7, 11) is 1.64. The lowest BCUT2D eigenvalue weighted by atomic mass is 10.0. The quantitative estimate of drug-likeness (QED) is 0.846. The van der Waals surface area contributed by atoms with Crippen LogP contribution in [0.15, 0.2) is 31.0 Å². The molecule has 1 saturated heterocycles. The van der Waals surface area contributed by atoms with Crippen LogP contribution in [-0.2, 0) is 0 Å². The number of rotatable bonds is 5. The first-order valence-electron chi connectivity index (χ1n) is 6.40. The number of halogens is 2. The lowest BCUT2D eigenvalue weighted by Crippen LogP contribution is -2.45. The van der Waals surface area contributed by atoms with Crippen LogP contribution in [0.5, 0.6) is 5.88 Å². The van der Waals surface area contributed by atoms with Crippen LogP contribution in [0.25, 0.3) is 0 Å². The summed E-state index contributed by atoms with van der Waals surface area (Å²) >= 11 is 0. The van der Waals surface area contributed by atoms with E-state index in [0.29, 0.717) is 11.9 Å². The zero-order valence-corrected chi connectivity index (χ0v) is 13.4. The van der Waals surface area contributed by atoms with Gasteiger partial charge in [-0.15, -0.1) is 31.4 Å². The maximum atomic E-state index is 5.10. The monoisotopic (exact) mass is 319 g/mol. The highest BCUT2D eigenvalue weighted by Gasteiger charge is 2.21. The van der Waals surface area contributed by atoms with Crippen molar-refractivity contribution in [1.82, 2.24) is 15.2 Å². The van der Waals surface area contributed by atoms with E-state index in [2.05, 4.69) is 27.8 Å². The fourth-order valence-electron chi connectivity index (χ4n) is 2.36. The van der Waals surface area contributed by atoms with Crippen molar-refractivity contribution in [3.05, 3.63) is 36.5 Å². The largest absolute Gasteiger partial charge is 0.481 e. The Labute approximate surface area is 133 Å². The van der Waals surface area contributed by atoms with Crippen molar-refractivity contribution in [2.24, 2.45) is 0 Å². The van der Waals surface area contributed by atoms with Crippen molar-refractivity contribution < 1.29 is 4.74 Å². The van der Waals surface area contributed by atoms with Crippen LogP contribution >= 0.6 is 24.8 Å². The van der Waals surface area contributed by atoms with Crippen LogP contribution in [0.4, 0.5) is 0 Å². The van der Waals surface area contributed by atoms with E-state index >= 15 is 0 Å². The third-order valence-corrected chi connectivity index (χ3v) is 3.34. The van der Waals surface area contributed by atoms with Gasteiger partial charge in [0.05, 0.1) is 7.11 Å². The Morgan fingerprint density at radius 1 is 1.40 bits per heavy atom. The Hall–Kier alpha value is -0.810. The Morgan fingerprint density at radius 2 is 2.10 bits per heavy atom. The molecule has 0 unspecified atom stereocenters. The van der Waals surface area contributed by atoms with Gasteiger partial charge >= 0.3 is 0 Å². The fourth-order valence-corrected chi connectivity index (χ4v) is 2.36. The Kier molecular flexibility index (Phi) is 9.59. The topological polar surface area (TPSA) is 37.4 Å². The van der Waals surface area contributed by atoms with Gasteiger partial charge in [0.25, 0.3) is 0 Å². The van der Waals surface area contributed by atoms with E-state index in [-0.39, 0.29) is 24.8 Å². The van der Waals surface area contributed by atoms with Crippen LogP contribution in [-0.4, -0.2) is 43.2 Å². The molecule has 1 fully saturated rings. The lowest BCUT2D eigenvalue weighted by Gasteiger charge is -2.34. The second-order valence-electron chi connectivity index (χ2n) is 4.46. The number of hydrogen-bond donors (Lipinski definition) is 1. The fraction of sp³-hybridized carbons (Fsp3) is 0.500. The Bertz CT molecular complexity index is 381. The van der Waals surface area contributed by atoms with Crippen molar-refractivity contribution in [2.75, 3.05) is 33.3 Å². The lowest BCUT2D eigenvalue weighted by molar-refractivity contribution is 0.174. The van der Waals surface area contributed by atoms with Gasteiger partial charge in [0.15, 0.2) is 0 Å². The summed E-state index contributed by atoms with van der Waals surface area (Å²) in [5, 5.41) is 3.38. The highest BCUT2D eigenvalue weighted by atomic mass is 35.5. The molecule has 0 aromatic carbocycles. The number of methoxy groups -OCH3 is 1. The molecule has 1 aromatic heterocycles. The molecule has 1 N–H and O–H groups in total. The Morgan fingerprint density at radius 3 is 2.60 bits per heavy atom. The van der Waals surface area contributed by atoms with Crippen LogP contribution in [0, 0.1) is 0 Å². The van der Waals surface area contributed by atoms with Gasteiger partial charge in [0.2, 0.25) is 5.88 Å². The van der Waals surface area contributed by atoms with E-state index < -0.39 is 0 Å². The van der Waals surface area contributed by atoms with E-state index in [9.17, 15) is 0 Å². The van der Waals surface area contributed by atoms with Crippen molar-refractivity contribution >= 4 is 24.8 Å². The zero-order valence-electron chi connectivity index (χ0n) is 11.7. The van der Waals surface area contributed by atoms with E-state index in [0.717, 1.165) is 32.6 Å². The highest BCUT2D eigenvalue weighted by Crippen LogP contribution is 2.25. The normalized spacial score (nSPS) is 16.4. The molecule has 1 aliphatic heterocycles. The van der Waals surface area contributed by atoms with Gasteiger partial charge in [-0.25, -0.2) is 4.98 Å². The average molecular weight is 320 g/mol.